The first-order chi connectivity index (χ1) is 8.91. The fourth-order valence-electron chi connectivity index (χ4n) is 2.25. The topological polar surface area (TPSA) is 32.3 Å². The van der Waals surface area contributed by atoms with Crippen molar-refractivity contribution in [3.05, 3.63) is 0 Å². The van der Waals surface area contributed by atoms with E-state index in [0.717, 1.165) is 17.4 Å². The zero-order valence-electron chi connectivity index (χ0n) is 10.5. The number of hydrogen-bond donors (Lipinski definition) is 1. The monoisotopic (exact) mass is 282 g/mol. The second-order valence-corrected chi connectivity index (χ2v) is 5.34. The molecule has 19 heavy (non-hydrogen) atoms. The van der Waals surface area contributed by atoms with Crippen LogP contribution in [-0.4, -0.2) is 48.8 Å². The lowest BCUT2D eigenvalue weighted by Crippen LogP contribution is -2.52. The smallest absolute Gasteiger partial charge is 0.337 e. The Morgan fingerprint density at radius 2 is 1.79 bits per heavy atom. The summed E-state index contributed by atoms with van der Waals surface area (Å²) < 4.78 is 50.1. The Labute approximate surface area is 109 Å². The van der Waals surface area contributed by atoms with Crippen molar-refractivity contribution in [2.75, 3.05) is 19.6 Å². The minimum absolute atomic E-state index is 0.115. The molecule has 0 aromatic heterocycles. The molecule has 0 bridgehead atoms. The zero-order chi connectivity index (χ0) is 14.0. The zero-order valence-corrected chi connectivity index (χ0v) is 10.5. The molecule has 1 amide bonds. The van der Waals surface area contributed by atoms with Crippen molar-refractivity contribution in [2.24, 2.45) is 5.92 Å². The molecule has 0 spiro atoms. The molecule has 2 fully saturated rings. The summed E-state index contributed by atoms with van der Waals surface area (Å²) in [5, 5.41) is 3.33. The van der Waals surface area contributed by atoms with E-state index < -0.39 is 18.3 Å². The number of nitrogens with zero attached hydrogens (tertiary/aromatic N) is 1. The van der Waals surface area contributed by atoms with E-state index in [1.54, 1.807) is 0 Å². The van der Waals surface area contributed by atoms with Gasteiger partial charge >= 0.3 is 12.3 Å². The lowest BCUT2D eigenvalue weighted by atomic mass is 10.0. The molecule has 0 aromatic rings. The third kappa shape index (κ3) is 3.58. The summed E-state index contributed by atoms with van der Waals surface area (Å²) in [4.78, 5) is 12.2. The molecular formula is C12H18F4N2O. The summed E-state index contributed by atoms with van der Waals surface area (Å²) in [6.07, 6.45) is -0.406. The highest BCUT2D eigenvalue weighted by Crippen LogP contribution is 2.29. The average molecular weight is 282 g/mol. The Balaban J connectivity index is 1.76. The first-order valence-corrected chi connectivity index (χ1v) is 6.60. The van der Waals surface area contributed by atoms with Gasteiger partial charge in [-0.05, 0) is 38.1 Å². The van der Waals surface area contributed by atoms with Gasteiger partial charge in [0.2, 0.25) is 0 Å². The van der Waals surface area contributed by atoms with Crippen molar-refractivity contribution in [1.82, 2.24) is 10.2 Å². The number of carbonyl (C=O) groups excluding carboxylic acids is 1. The van der Waals surface area contributed by atoms with E-state index in [2.05, 4.69) is 5.32 Å². The minimum Gasteiger partial charge on any atom is -0.337 e. The van der Waals surface area contributed by atoms with Crippen molar-refractivity contribution in [3.63, 3.8) is 0 Å². The van der Waals surface area contributed by atoms with Gasteiger partial charge in [0, 0.05) is 19.1 Å². The summed E-state index contributed by atoms with van der Waals surface area (Å²) in [6.45, 7) is 1.15. The fraction of sp³-hybridized carbons (Fsp3) is 0.917. The maximum atomic E-state index is 12.9. The van der Waals surface area contributed by atoms with Crippen molar-refractivity contribution >= 4 is 5.91 Å². The van der Waals surface area contributed by atoms with Crippen LogP contribution in [0.1, 0.15) is 25.7 Å². The average Bonchev–Trinajstić information content (AvgIpc) is 3.20. The van der Waals surface area contributed by atoms with E-state index >= 15 is 0 Å². The summed E-state index contributed by atoms with van der Waals surface area (Å²) in [5.74, 6) is -5.58. The molecule has 1 aliphatic carbocycles. The number of piperidine rings is 1. The van der Waals surface area contributed by atoms with Gasteiger partial charge in [-0.1, -0.05) is 0 Å². The molecule has 0 atom stereocenters. The van der Waals surface area contributed by atoms with Gasteiger partial charge in [0.25, 0.3) is 5.91 Å². The summed E-state index contributed by atoms with van der Waals surface area (Å²) >= 11 is 0. The lowest BCUT2D eigenvalue weighted by molar-refractivity contribution is -0.181. The molecule has 0 aromatic carbocycles. The Hall–Kier alpha value is -0.850. The molecule has 1 saturated carbocycles. The van der Waals surface area contributed by atoms with Gasteiger partial charge in [0.1, 0.15) is 0 Å². The Kier molecular flexibility index (Phi) is 4.32. The van der Waals surface area contributed by atoms with E-state index in [4.69, 9.17) is 0 Å². The van der Waals surface area contributed by atoms with Gasteiger partial charge in [-0.3, -0.25) is 4.79 Å². The Bertz CT molecular complexity index is 326. The van der Waals surface area contributed by atoms with Crippen LogP contribution in [0.25, 0.3) is 0 Å². The third-order valence-electron chi connectivity index (χ3n) is 3.73. The number of halogens is 4. The molecule has 2 rings (SSSR count). The minimum atomic E-state index is -4.56. The van der Waals surface area contributed by atoms with Crippen LogP contribution in [0.5, 0.6) is 0 Å². The molecule has 1 N–H and O–H groups in total. The van der Waals surface area contributed by atoms with Crippen molar-refractivity contribution in [1.29, 1.82) is 0 Å². The summed E-state index contributed by atoms with van der Waals surface area (Å²) in [6, 6.07) is 0.199. The highest BCUT2D eigenvalue weighted by Gasteiger charge is 2.51. The maximum absolute atomic E-state index is 12.9. The molecule has 110 valence electrons. The second kappa shape index (κ2) is 5.64. The van der Waals surface area contributed by atoms with Crippen LogP contribution in [0, 0.1) is 5.92 Å². The predicted octanol–water partition coefficient (Wildman–Crippen LogP) is 1.88. The van der Waals surface area contributed by atoms with Crippen LogP contribution in [0.4, 0.5) is 17.6 Å². The van der Waals surface area contributed by atoms with Gasteiger partial charge < -0.3 is 10.2 Å². The standard InChI is InChI=1S/C12H18F4N2O/c13-10(14)12(15,16)11(19)18-5-3-9(4-6-18)17-7-8-1-2-8/h8-10,17H,1-7H2. The number of amides is 1. The normalized spacial score (nSPS) is 22.1. The Morgan fingerprint density at radius 1 is 1.21 bits per heavy atom. The first-order valence-electron chi connectivity index (χ1n) is 6.60. The molecule has 0 unspecified atom stereocenters. The van der Waals surface area contributed by atoms with Crippen LogP contribution in [0.2, 0.25) is 0 Å². The van der Waals surface area contributed by atoms with E-state index in [1.165, 1.54) is 12.8 Å². The van der Waals surface area contributed by atoms with Crippen LogP contribution in [-0.2, 0) is 4.79 Å². The SMILES string of the molecule is O=C(N1CCC(NCC2CC2)CC1)C(F)(F)C(F)F. The van der Waals surface area contributed by atoms with Gasteiger partial charge in [-0.25, -0.2) is 8.78 Å². The van der Waals surface area contributed by atoms with Crippen molar-refractivity contribution in [3.8, 4) is 0 Å². The fourth-order valence-corrected chi connectivity index (χ4v) is 2.25. The van der Waals surface area contributed by atoms with E-state index in [1.807, 2.05) is 0 Å². The first kappa shape index (κ1) is 14.6. The molecule has 2 aliphatic rings. The third-order valence-corrected chi connectivity index (χ3v) is 3.73. The summed E-state index contributed by atoms with van der Waals surface area (Å²) in [7, 11) is 0. The molecule has 0 radical (unpaired) electrons. The molecule has 1 saturated heterocycles. The van der Waals surface area contributed by atoms with Crippen LogP contribution in [0.15, 0.2) is 0 Å². The molecule has 1 aliphatic heterocycles. The number of likely N-dealkylation sites (tertiary alicyclic amines) is 1. The number of hydrogen-bond acceptors (Lipinski definition) is 2. The Morgan fingerprint density at radius 3 is 2.26 bits per heavy atom. The lowest BCUT2D eigenvalue weighted by Gasteiger charge is -2.34. The van der Waals surface area contributed by atoms with Crippen LogP contribution in [0.3, 0.4) is 0 Å². The highest BCUT2D eigenvalue weighted by atomic mass is 19.3. The summed E-state index contributed by atoms with van der Waals surface area (Å²) in [5.41, 5.74) is 0. The second-order valence-electron chi connectivity index (χ2n) is 5.34. The van der Waals surface area contributed by atoms with E-state index in [-0.39, 0.29) is 19.1 Å². The number of rotatable bonds is 5. The maximum Gasteiger partial charge on any atom is 0.383 e. The number of nitrogens with one attached hydrogen (secondary N) is 1. The van der Waals surface area contributed by atoms with Crippen molar-refractivity contribution in [2.45, 2.75) is 44.1 Å². The van der Waals surface area contributed by atoms with Gasteiger partial charge in [0.15, 0.2) is 0 Å². The highest BCUT2D eigenvalue weighted by molar-refractivity contribution is 5.84. The van der Waals surface area contributed by atoms with Crippen LogP contribution < -0.4 is 5.32 Å². The number of carbonyl (C=O) groups is 1. The van der Waals surface area contributed by atoms with E-state index in [9.17, 15) is 22.4 Å². The molecular weight excluding hydrogens is 264 g/mol. The van der Waals surface area contributed by atoms with Crippen molar-refractivity contribution < 1.29 is 22.4 Å². The van der Waals surface area contributed by atoms with E-state index in [0.29, 0.717) is 12.8 Å². The van der Waals surface area contributed by atoms with Gasteiger partial charge in [-0.2, -0.15) is 8.78 Å². The molecule has 1 heterocycles. The predicted molar refractivity (Wildman–Crippen MR) is 61.3 cm³/mol. The molecule has 3 nitrogen and oxygen atoms in total. The van der Waals surface area contributed by atoms with Gasteiger partial charge in [-0.15, -0.1) is 0 Å². The largest absolute Gasteiger partial charge is 0.383 e. The van der Waals surface area contributed by atoms with Crippen LogP contribution >= 0.6 is 0 Å². The molecule has 7 heteroatoms. The quantitative estimate of drug-likeness (QED) is 0.781. The number of alkyl halides is 4. The van der Waals surface area contributed by atoms with Gasteiger partial charge in [0.05, 0.1) is 0 Å².